The number of hydrogen-bond acceptors (Lipinski definition) is 5. The Morgan fingerprint density at radius 2 is 1.92 bits per heavy atom. The van der Waals surface area contributed by atoms with Crippen molar-refractivity contribution in [3.05, 3.63) is 76.4 Å². The highest BCUT2D eigenvalue weighted by Crippen LogP contribution is 2.22. The molecule has 3 rings (SSSR count). The summed E-state index contributed by atoms with van der Waals surface area (Å²) in [4.78, 5) is 12.3. The van der Waals surface area contributed by atoms with Gasteiger partial charge in [0.15, 0.2) is 11.5 Å². The monoisotopic (exact) mass is 363 g/mol. The molecule has 0 unspecified atom stereocenters. The summed E-state index contributed by atoms with van der Waals surface area (Å²) < 4.78 is 0. The number of nitrogens with one attached hydrogen (secondary N) is 2. The number of nitrogens with zero attached hydrogens (tertiary/aromatic N) is 3. The van der Waals surface area contributed by atoms with E-state index in [4.69, 9.17) is 16.9 Å². The third-order valence-corrected chi connectivity index (χ3v) is 4.04. The molecule has 1 amide bonds. The largest absolute Gasteiger partial charge is 0.339 e. The van der Waals surface area contributed by atoms with Crippen LogP contribution in [-0.2, 0) is 0 Å². The van der Waals surface area contributed by atoms with Crippen molar-refractivity contribution in [2.45, 2.75) is 6.92 Å². The van der Waals surface area contributed by atoms with E-state index in [1.54, 1.807) is 42.5 Å². The number of carbonyl (C=O) groups is 1. The van der Waals surface area contributed by atoms with Crippen LogP contribution in [0.5, 0.6) is 0 Å². The van der Waals surface area contributed by atoms with Gasteiger partial charge in [-0.3, -0.25) is 4.79 Å². The number of aryl methyl sites for hydroxylation is 1. The summed E-state index contributed by atoms with van der Waals surface area (Å²) in [5.41, 5.74) is 2.70. The minimum absolute atomic E-state index is 0.144. The smallest absolute Gasteiger partial charge is 0.276 e. The molecule has 0 aliphatic rings. The van der Waals surface area contributed by atoms with Crippen molar-refractivity contribution in [1.29, 1.82) is 5.26 Å². The summed E-state index contributed by atoms with van der Waals surface area (Å²) in [6.45, 7) is 1.92. The fraction of sp³-hybridized carbons (Fsp3) is 0.0526. The van der Waals surface area contributed by atoms with Gasteiger partial charge >= 0.3 is 0 Å². The summed E-state index contributed by atoms with van der Waals surface area (Å²) >= 11 is 6.10. The summed E-state index contributed by atoms with van der Waals surface area (Å²) in [5.74, 6) is 0.0454. The van der Waals surface area contributed by atoms with Gasteiger partial charge in [0.25, 0.3) is 5.91 Å². The molecule has 2 aromatic carbocycles. The van der Waals surface area contributed by atoms with Crippen molar-refractivity contribution in [3.63, 3.8) is 0 Å². The van der Waals surface area contributed by atoms with E-state index in [2.05, 4.69) is 20.8 Å². The van der Waals surface area contributed by atoms with Crippen molar-refractivity contribution >= 4 is 34.7 Å². The molecule has 128 valence electrons. The third-order valence-electron chi connectivity index (χ3n) is 3.64. The van der Waals surface area contributed by atoms with Crippen LogP contribution in [0.15, 0.2) is 54.6 Å². The zero-order valence-corrected chi connectivity index (χ0v) is 14.6. The fourth-order valence-electron chi connectivity index (χ4n) is 2.21. The second-order valence-electron chi connectivity index (χ2n) is 5.50. The van der Waals surface area contributed by atoms with Crippen LogP contribution in [0.4, 0.5) is 17.2 Å². The van der Waals surface area contributed by atoms with Gasteiger partial charge in [0.05, 0.1) is 11.3 Å². The quantitative estimate of drug-likeness (QED) is 0.720. The lowest BCUT2D eigenvalue weighted by atomic mass is 10.2. The molecule has 0 saturated heterocycles. The molecular weight excluding hydrogens is 350 g/mol. The Labute approximate surface area is 155 Å². The van der Waals surface area contributed by atoms with E-state index in [1.165, 1.54) is 0 Å². The molecule has 0 radical (unpaired) electrons. The summed E-state index contributed by atoms with van der Waals surface area (Å²) in [6, 6.07) is 17.5. The first-order valence-electron chi connectivity index (χ1n) is 7.74. The average molecular weight is 364 g/mol. The molecule has 2 N–H and O–H groups in total. The lowest BCUT2D eigenvalue weighted by Crippen LogP contribution is -2.15. The highest BCUT2D eigenvalue weighted by Gasteiger charge is 2.11. The van der Waals surface area contributed by atoms with Gasteiger partial charge in [-0.1, -0.05) is 29.8 Å². The number of carbonyl (C=O) groups excluding carboxylic acids is 1. The van der Waals surface area contributed by atoms with Crippen molar-refractivity contribution in [3.8, 4) is 6.07 Å². The van der Waals surface area contributed by atoms with Crippen LogP contribution in [0.3, 0.4) is 0 Å². The summed E-state index contributed by atoms with van der Waals surface area (Å²) in [7, 11) is 0. The van der Waals surface area contributed by atoms with Gasteiger partial charge in [-0.05, 0) is 48.9 Å². The number of anilines is 3. The Kier molecular flexibility index (Phi) is 5.11. The molecule has 0 spiro atoms. The molecule has 6 nitrogen and oxygen atoms in total. The molecule has 0 aliphatic carbocycles. The van der Waals surface area contributed by atoms with E-state index >= 15 is 0 Å². The molecule has 0 atom stereocenters. The van der Waals surface area contributed by atoms with E-state index in [-0.39, 0.29) is 5.69 Å². The van der Waals surface area contributed by atoms with E-state index < -0.39 is 5.91 Å². The lowest BCUT2D eigenvalue weighted by Gasteiger charge is -2.08. The van der Waals surface area contributed by atoms with Gasteiger partial charge < -0.3 is 10.6 Å². The van der Waals surface area contributed by atoms with Crippen LogP contribution in [0, 0.1) is 18.3 Å². The van der Waals surface area contributed by atoms with Crippen molar-refractivity contribution in [1.82, 2.24) is 10.2 Å². The molecule has 0 saturated carbocycles. The maximum Gasteiger partial charge on any atom is 0.276 e. The number of rotatable bonds is 4. The van der Waals surface area contributed by atoms with Crippen LogP contribution >= 0.6 is 11.6 Å². The molecule has 0 bridgehead atoms. The number of aromatic nitrogens is 2. The number of hydrogen-bond donors (Lipinski definition) is 2. The lowest BCUT2D eigenvalue weighted by molar-refractivity contribution is 0.102. The van der Waals surface area contributed by atoms with Gasteiger partial charge in [-0.2, -0.15) is 5.26 Å². The first-order chi connectivity index (χ1) is 12.6. The Morgan fingerprint density at radius 1 is 1.12 bits per heavy atom. The standard InChI is InChI=1S/C19H14ClN5O/c1-12-6-7-14(10-15(12)20)22-18-9-8-17(24-25-18)19(26)23-16-5-3-2-4-13(16)11-21/h2-10H,1H3,(H,22,25)(H,23,26). The van der Waals surface area contributed by atoms with Gasteiger partial charge in [0.2, 0.25) is 0 Å². The minimum Gasteiger partial charge on any atom is -0.339 e. The van der Waals surface area contributed by atoms with Crippen molar-refractivity contribution in [2.75, 3.05) is 10.6 Å². The zero-order chi connectivity index (χ0) is 18.5. The Morgan fingerprint density at radius 3 is 2.62 bits per heavy atom. The fourth-order valence-corrected chi connectivity index (χ4v) is 2.40. The van der Waals surface area contributed by atoms with Gasteiger partial charge in [0, 0.05) is 10.7 Å². The number of halogens is 1. The van der Waals surface area contributed by atoms with E-state index in [9.17, 15) is 4.79 Å². The molecule has 0 aliphatic heterocycles. The molecule has 7 heteroatoms. The van der Waals surface area contributed by atoms with Crippen LogP contribution in [-0.4, -0.2) is 16.1 Å². The first kappa shape index (κ1) is 17.4. The Hall–Kier alpha value is -3.43. The van der Waals surface area contributed by atoms with Gasteiger partial charge in [0.1, 0.15) is 6.07 Å². The molecule has 0 fully saturated rings. The first-order valence-corrected chi connectivity index (χ1v) is 8.12. The second-order valence-corrected chi connectivity index (χ2v) is 5.91. The molecular formula is C19H14ClN5O. The predicted molar refractivity (Wildman–Crippen MR) is 101 cm³/mol. The third kappa shape index (κ3) is 3.97. The topological polar surface area (TPSA) is 90.7 Å². The zero-order valence-electron chi connectivity index (χ0n) is 13.8. The second kappa shape index (κ2) is 7.64. The molecule has 26 heavy (non-hydrogen) atoms. The highest BCUT2D eigenvalue weighted by molar-refractivity contribution is 6.31. The number of para-hydroxylation sites is 1. The molecule has 1 aromatic heterocycles. The number of amides is 1. The van der Waals surface area contributed by atoms with Crippen molar-refractivity contribution in [2.24, 2.45) is 0 Å². The SMILES string of the molecule is Cc1ccc(Nc2ccc(C(=O)Nc3ccccc3C#N)nn2)cc1Cl. The number of benzene rings is 2. The van der Waals surface area contributed by atoms with E-state index in [0.717, 1.165) is 11.3 Å². The van der Waals surface area contributed by atoms with Crippen LogP contribution in [0.1, 0.15) is 21.6 Å². The molecule has 1 heterocycles. The van der Waals surface area contributed by atoms with Gasteiger partial charge in [-0.25, -0.2) is 0 Å². The van der Waals surface area contributed by atoms with Gasteiger partial charge in [-0.15, -0.1) is 10.2 Å². The average Bonchev–Trinajstić information content (AvgIpc) is 2.66. The van der Waals surface area contributed by atoms with Crippen LogP contribution in [0.2, 0.25) is 5.02 Å². The van der Waals surface area contributed by atoms with Crippen LogP contribution in [0.25, 0.3) is 0 Å². The summed E-state index contributed by atoms with van der Waals surface area (Å²) in [6.07, 6.45) is 0. The minimum atomic E-state index is -0.440. The Bertz CT molecular complexity index is 996. The highest BCUT2D eigenvalue weighted by atomic mass is 35.5. The maximum absolute atomic E-state index is 12.3. The predicted octanol–water partition coefficient (Wildman–Crippen LogP) is 4.31. The van der Waals surface area contributed by atoms with Crippen molar-refractivity contribution < 1.29 is 4.79 Å². The van der Waals surface area contributed by atoms with E-state index in [1.807, 2.05) is 25.1 Å². The Balaban J connectivity index is 1.71. The number of nitriles is 1. The summed E-state index contributed by atoms with van der Waals surface area (Å²) in [5, 5.41) is 23.4. The molecule has 3 aromatic rings. The maximum atomic E-state index is 12.3. The van der Waals surface area contributed by atoms with E-state index in [0.29, 0.717) is 22.1 Å². The normalized spacial score (nSPS) is 10.0. The van der Waals surface area contributed by atoms with Crippen LogP contribution < -0.4 is 10.6 Å².